The molecular formula is C29H38F2N2O3S. The van der Waals surface area contributed by atoms with Gasteiger partial charge in [0.05, 0.1) is 17.1 Å². The topological polar surface area (TPSA) is 68.2 Å². The Morgan fingerprint density at radius 3 is 2.35 bits per heavy atom. The summed E-state index contributed by atoms with van der Waals surface area (Å²) in [5.41, 5.74) is 3.84. The Kier molecular flexibility index (Phi) is 7.24. The highest BCUT2D eigenvalue weighted by molar-refractivity contribution is 7.91. The van der Waals surface area contributed by atoms with Gasteiger partial charge >= 0.3 is 0 Å². The summed E-state index contributed by atoms with van der Waals surface area (Å²) in [5.74, 6) is 0.459. The van der Waals surface area contributed by atoms with Gasteiger partial charge in [-0.1, -0.05) is 26.2 Å². The number of sulfone groups is 1. The van der Waals surface area contributed by atoms with Crippen molar-refractivity contribution in [2.75, 3.05) is 11.5 Å². The molecule has 1 aromatic carbocycles. The third-order valence-electron chi connectivity index (χ3n) is 8.87. The third kappa shape index (κ3) is 5.79. The van der Waals surface area contributed by atoms with Crippen LogP contribution in [0.4, 0.5) is 8.78 Å². The van der Waals surface area contributed by atoms with Gasteiger partial charge in [-0.3, -0.25) is 4.79 Å². The molecule has 0 unspecified atom stereocenters. The van der Waals surface area contributed by atoms with E-state index in [1.807, 2.05) is 19.1 Å². The average Bonchev–Trinajstić information content (AvgIpc) is 3.55. The van der Waals surface area contributed by atoms with E-state index in [1.54, 1.807) is 12.1 Å². The molecule has 0 spiro atoms. The summed E-state index contributed by atoms with van der Waals surface area (Å²) in [6.45, 7) is 4.82. The van der Waals surface area contributed by atoms with Crippen LogP contribution in [0.3, 0.4) is 0 Å². The van der Waals surface area contributed by atoms with E-state index in [1.165, 1.54) is 19.3 Å². The number of carbonyl (C=O) groups is 1. The minimum absolute atomic E-state index is 0.0260. The van der Waals surface area contributed by atoms with Crippen LogP contribution in [-0.4, -0.2) is 36.4 Å². The smallest absolute Gasteiger partial charge is 0.263 e. The number of benzene rings is 1. The Morgan fingerprint density at radius 1 is 1.05 bits per heavy atom. The maximum Gasteiger partial charge on any atom is 0.263 e. The van der Waals surface area contributed by atoms with Crippen LogP contribution in [0.5, 0.6) is 0 Å². The van der Waals surface area contributed by atoms with Gasteiger partial charge in [-0.05, 0) is 92.2 Å². The van der Waals surface area contributed by atoms with E-state index in [2.05, 4.69) is 16.8 Å². The van der Waals surface area contributed by atoms with E-state index in [0.717, 1.165) is 54.7 Å². The van der Waals surface area contributed by atoms with Gasteiger partial charge in [0.15, 0.2) is 0 Å². The zero-order chi connectivity index (χ0) is 26.4. The van der Waals surface area contributed by atoms with Crippen LogP contribution in [0, 0.1) is 12.8 Å². The maximum absolute atomic E-state index is 13.9. The molecule has 1 aromatic heterocycles. The molecular weight excluding hydrogens is 494 g/mol. The monoisotopic (exact) mass is 532 g/mol. The van der Waals surface area contributed by atoms with Gasteiger partial charge in [-0.15, -0.1) is 0 Å². The number of aromatic nitrogens is 1. The Balaban J connectivity index is 1.51. The van der Waals surface area contributed by atoms with E-state index in [-0.39, 0.29) is 34.4 Å². The van der Waals surface area contributed by atoms with E-state index in [4.69, 9.17) is 0 Å². The van der Waals surface area contributed by atoms with Crippen molar-refractivity contribution in [2.24, 2.45) is 5.92 Å². The van der Waals surface area contributed by atoms with E-state index < -0.39 is 16.3 Å². The number of hydrogen-bond acceptors (Lipinski definition) is 3. The lowest BCUT2D eigenvalue weighted by Crippen LogP contribution is -2.41. The van der Waals surface area contributed by atoms with Crippen molar-refractivity contribution in [3.63, 3.8) is 0 Å². The van der Waals surface area contributed by atoms with Crippen LogP contribution in [0.25, 0.3) is 11.3 Å². The Hall–Kier alpha value is -2.22. The van der Waals surface area contributed by atoms with Crippen molar-refractivity contribution in [2.45, 2.75) is 96.1 Å². The highest BCUT2D eigenvalue weighted by Gasteiger charge is 2.40. The summed E-state index contributed by atoms with van der Waals surface area (Å²) in [7, 11) is -3.02. The number of nitrogens with zero attached hydrogens (tertiary/aromatic N) is 1. The fourth-order valence-corrected chi connectivity index (χ4v) is 7.52. The molecule has 8 heteroatoms. The Morgan fingerprint density at radius 2 is 1.73 bits per heavy atom. The predicted octanol–water partition coefficient (Wildman–Crippen LogP) is 6.34. The second-order valence-electron chi connectivity index (χ2n) is 11.7. The van der Waals surface area contributed by atoms with Crippen LogP contribution in [0.2, 0.25) is 0 Å². The van der Waals surface area contributed by atoms with Crippen LogP contribution in [0.1, 0.15) is 98.3 Å². The summed E-state index contributed by atoms with van der Waals surface area (Å²) < 4.78 is 53.7. The number of nitrogens with one attached hydrogen (secondary N) is 1. The molecule has 1 N–H and O–H groups in total. The average molecular weight is 533 g/mol. The first kappa shape index (κ1) is 26.4. The quantitative estimate of drug-likeness (QED) is 0.452. The van der Waals surface area contributed by atoms with Crippen LogP contribution < -0.4 is 5.32 Å². The van der Waals surface area contributed by atoms with Gasteiger partial charge in [-0.25, -0.2) is 17.2 Å². The molecule has 0 radical (unpaired) electrons. The van der Waals surface area contributed by atoms with Crippen molar-refractivity contribution < 1.29 is 22.0 Å². The van der Waals surface area contributed by atoms with Crippen molar-refractivity contribution >= 4 is 15.7 Å². The SMILES string of the molecule is Cc1c(C(=O)NC2CCS(=O)(=O)CC2)cc(-c2cc(C(F)F)cc(C3(C)CC3)c2)n1CC1CCCCC1. The number of halogens is 2. The van der Waals surface area contributed by atoms with Gasteiger partial charge in [0.1, 0.15) is 9.84 Å². The minimum atomic E-state index is -3.02. The first-order chi connectivity index (χ1) is 17.5. The lowest BCUT2D eigenvalue weighted by Gasteiger charge is -2.25. The van der Waals surface area contributed by atoms with E-state index in [0.29, 0.717) is 24.3 Å². The summed E-state index contributed by atoms with van der Waals surface area (Å²) in [6, 6.07) is 6.95. The first-order valence-electron chi connectivity index (χ1n) is 13.7. The molecule has 202 valence electrons. The zero-order valence-corrected chi connectivity index (χ0v) is 22.7. The lowest BCUT2D eigenvalue weighted by molar-refractivity contribution is 0.0933. The zero-order valence-electron chi connectivity index (χ0n) is 21.9. The summed E-state index contributed by atoms with van der Waals surface area (Å²) in [4.78, 5) is 13.4. The fraction of sp³-hybridized carbons (Fsp3) is 0.621. The molecule has 3 fully saturated rings. The Bertz CT molecular complexity index is 1260. The molecule has 0 atom stereocenters. The first-order valence-corrected chi connectivity index (χ1v) is 15.5. The normalized spacial score (nSPS) is 21.8. The fourth-order valence-electron chi connectivity index (χ4n) is 6.03. The molecule has 5 nitrogen and oxygen atoms in total. The third-order valence-corrected chi connectivity index (χ3v) is 10.6. The van der Waals surface area contributed by atoms with Crippen LogP contribution >= 0.6 is 0 Å². The van der Waals surface area contributed by atoms with Gasteiger partial charge in [0.2, 0.25) is 0 Å². The Labute approximate surface area is 218 Å². The van der Waals surface area contributed by atoms with Gasteiger partial charge in [-0.2, -0.15) is 0 Å². The van der Waals surface area contributed by atoms with E-state index in [9.17, 15) is 22.0 Å². The summed E-state index contributed by atoms with van der Waals surface area (Å²) in [5, 5.41) is 3.05. The van der Waals surface area contributed by atoms with Crippen molar-refractivity contribution in [3.05, 3.63) is 46.6 Å². The molecule has 37 heavy (non-hydrogen) atoms. The number of rotatable bonds is 7. The molecule has 1 aliphatic heterocycles. The van der Waals surface area contributed by atoms with Crippen LogP contribution in [-0.2, 0) is 21.8 Å². The number of carbonyl (C=O) groups excluding carboxylic acids is 1. The summed E-state index contributed by atoms with van der Waals surface area (Å²) >= 11 is 0. The second-order valence-corrected chi connectivity index (χ2v) is 14.1. The molecule has 1 amide bonds. The molecule has 0 bridgehead atoms. The van der Waals surface area contributed by atoms with Gasteiger partial charge < -0.3 is 9.88 Å². The van der Waals surface area contributed by atoms with Crippen molar-refractivity contribution in [1.29, 1.82) is 0 Å². The second kappa shape index (κ2) is 10.2. The molecule has 3 aliphatic rings. The lowest BCUT2D eigenvalue weighted by atomic mass is 9.89. The largest absolute Gasteiger partial charge is 0.349 e. The minimum Gasteiger partial charge on any atom is -0.349 e. The number of amides is 1. The molecule has 2 aromatic rings. The predicted molar refractivity (Wildman–Crippen MR) is 142 cm³/mol. The highest BCUT2D eigenvalue weighted by atomic mass is 32.2. The molecule has 2 aliphatic carbocycles. The molecule has 2 saturated carbocycles. The standard InChI is InChI=1S/C29H38F2N2O3S/c1-19-25(28(34)32-24-8-12-37(35,36)13-9-24)17-26(33(19)18-20-6-4-3-5-7-20)21-14-22(27(30)31)16-23(15-21)29(2)10-11-29/h14-17,20,24,27H,3-13,18H2,1-2H3,(H,32,34). The number of alkyl halides is 2. The molecule has 1 saturated heterocycles. The maximum atomic E-state index is 13.9. The highest BCUT2D eigenvalue weighted by Crippen LogP contribution is 2.49. The molecule has 5 rings (SSSR count). The van der Waals surface area contributed by atoms with Gasteiger partial charge in [0, 0.05) is 29.5 Å². The van der Waals surface area contributed by atoms with Gasteiger partial charge in [0.25, 0.3) is 12.3 Å². The van der Waals surface area contributed by atoms with Crippen molar-refractivity contribution in [1.82, 2.24) is 9.88 Å². The van der Waals surface area contributed by atoms with E-state index >= 15 is 0 Å². The van der Waals surface area contributed by atoms with Crippen molar-refractivity contribution in [3.8, 4) is 11.3 Å². The van der Waals surface area contributed by atoms with Crippen LogP contribution in [0.15, 0.2) is 24.3 Å². The number of hydrogen-bond donors (Lipinski definition) is 1. The molecule has 2 heterocycles. The summed E-state index contributed by atoms with van der Waals surface area (Å²) in [6.07, 6.45) is 6.17.